The number of aromatic nitrogens is 2. The largest absolute Gasteiger partial charge is 0.383 e. The minimum Gasteiger partial charge on any atom is -0.383 e. The van der Waals surface area contributed by atoms with Crippen LogP contribution in [0.1, 0.15) is 18.5 Å². The number of nitrogens with one attached hydrogen (secondary N) is 1. The van der Waals surface area contributed by atoms with Gasteiger partial charge in [0.05, 0.1) is 12.3 Å². The van der Waals surface area contributed by atoms with Crippen LogP contribution >= 0.6 is 0 Å². The first-order valence-electron chi connectivity index (χ1n) is 5.56. The summed E-state index contributed by atoms with van der Waals surface area (Å²) in [4.78, 5) is 4.46. The van der Waals surface area contributed by atoms with Crippen molar-refractivity contribution < 1.29 is 4.74 Å². The van der Waals surface area contributed by atoms with Crippen molar-refractivity contribution in [3.63, 3.8) is 0 Å². The van der Waals surface area contributed by atoms with E-state index in [1.807, 2.05) is 6.92 Å². The van der Waals surface area contributed by atoms with Gasteiger partial charge in [0.1, 0.15) is 0 Å². The zero-order valence-electron chi connectivity index (χ0n) is 9.49. The first-order chi connectivity index (χ1) is 7.29. The fraction of sp³-hybridized carbons (Fsp3) is 0.727. The average Bonchev–Trinajstić information content (AvgIpc) is 2.97. The molecule has 0 aromatic carbocycles. The lowest BCUT2D eigenvalue weighted by molar-refractivity contribution is 0.187. The molecule has 1 fully saturated rings. The highest BCUT2D eigenvalue weighted by Gasteiger charge is 2.21. The van der Waals surface area contributed by atoms with E-state index in [9.17, 15) is 0 Å². The first kappa shape index (κ1) is 10.5. The molecule has 1 aromatic heterocycles. The molecule has 0 radical (unpaired) electrons. The Morgan fingerprint density at radius 2 is 2.40 bits per heavy atom. The van der Waals surface area contributed by atoms with Crippen molar-refractivity contribution in [2.24, 2.45) is 5.92 Å². The SMILES string of the molecule is COCCn1cc(C)nc1NCC1CC1. The van der Waals surface area contributed by atoms with Crippen molar-refractivity contribution >= 4 is 5.95 Å². The van der Waals surface area contributed by atoms with Crippen molar-refractivity contribution in [1.29, 1.82) is 0 Å². The van der Waals surface area contributed by atoms with Gasteiger partial charge in [-0.05, 0) is 25.7 Å². The van der Waals surface area contributed by atoms with Crippen molar-refractivity contribution in [2.75, 3.05) is 25.6 Å². The molecule has 1 aromatic rings. The summed E-state index contributed by atoms with van der Waals surface area (Å²) in [6.07, 6.45) is 4.80. The minimum atomic E-state index is 0.730. The Morgan fingerprint density at radius 1 is 1.60 bits per heavy atom. The number of aryl methyl sites for hydroxylation is 1. The van der Waals surface area contributed by atoms with Crippen LogP contribution in [-0.4, -0.2) is 29.8 Å². The molecule has 4 nitrogen and oxygen atoms in total. The van der Waals surface area contributed by atoms with Crippen LogP contribution in [0, 0.1) is 12.8 Å². The van der Waals surface area contributed by atoms with E-state index >= 15 is 0 Å². The second-order valence-electron chi connectivity index (χ2n) is 4.22. The molecule has 0 atom stereocenters. The van der Waals surface area contributed by atoms with Gasteiger partial charge in [-0.15, -0.1) is 0 Å². The molecule has 84 valence electrons. The van der Waals surface area contributed by atoms with Gasteiger partial charge in [0, 0.05) is 26.4 Å². The van der Waals surface area contributed by atoms with E-state index in [0.717, 1.165) is 37.3 Å². The Hall–Kier alpha value is -1.03. The van der Waals surface area contributed by atoms with Crippen molar-refractivity contribution in [3.05, 3.63) is 11.9 Å². The Bertz CT molecular complexity index is 318. The molecule has 1 aliphatic rings. The number of hydrogen-bond acceptors (Lipinski definition) is 3. The summed E-state index contributed by atoms with van der Waals surface area (Å²) in [6, 6.07) is 0. The fourth-order valence-corrected chi connectivity index (χ4v) is 1.61. The maximum atomic E-state index is 5.07. The summed E-state index contributed by atoms with van der Waals surface area (Å²) in [7, 11) is 1.72. The zero-order valence-corrected chi connectivity index (χ0v) is 9.49. The third kappa shape index (κ3) is 2.96. The van der Waals surface area contributed by atoms with Crippen LogP contribution in [0.5, 0.6) is 0 Å². The van der Waals surface area contributed by atoms with Gasteiger partial charge in [-0.25, -0.2) is 4.98 Å². The minimum absolute atomic E-state index is 0.730. The van der Waals surface area contributed by atoms with Crippen LogP contribution in [0.3, 0.4) is 0 Å². The van der Waals surface area contributed by atoms with E-state index in [4.69, 9.17) is 4.74 Å². The molecule has 4 heteroatoms. The summed E-state index contributed by atoms with van der Waals surface area (Å²) in [5, 5.41) is 3.40. The number of hydrogen-bond donors (Lipinski definition) is 1. The first-order valence-corrected chi connectivity index (χ1v) is 5.56. The number of rotatable bonds is 6. The highest BCUT2D eigenvalue weighted by atomic mass is 16.5. The number of anilines is 1. The molecule has 1 saturated carbocycles. The molecular formula is C11H19N3O. The molecule has 15 heavy (non-hydrogen) atoms. The molecule has 0 aliphatic heterocycles. The van der Waals surface area contributed by atoms with E-state index < -0.39 is 0 Å². The quantitative estimate of drug-likeness (QED) is 0.774. The Balaban J connectivity index is 1.93. The predicted octanol–water partition coefficient (Wildman–Crippen LogP) is 1.66. The van der Waals surface area contributed by atoms with Gasteiger partial charge in [-0.1, -0.05) is 0 Å². The topological polar surface area (TPSA) is 39.1 Å². The molecule has 0 unspecified atom stereocenters. The van der Waals surface area contributed by atoms with Gasteiger partial charge < -0.3 is 14.6 Å². The van der Waals surface area contributed by atoms with E-state index in [2.05, 4.69) is 21.1 Å². The molecule has 0 bridgehead atoms. The molecule has 0 spiro atoms. The third-order valence-corrected chi connectivity index (χ3v) is 2.68. The van der Waals surface area contributed by atoms with E-state index in [1.54, 1.807) is 7.11 Å². The van der Waals surface area contributed by atoms with Gasteiger partial charge in [0.25, 0.3) is 0 Å². The molecular weight excluding hydrogens is 190 g/mol. The summed E-state index contributed by atoms with van der Waals surface area (Å²) in [5.41, 5.74) is 1.06. The van der Waals surface area contributed by atoms with E-state index in [1.165, 1.54) is 12.8 Å². The lowest BCUT2D eigenvalue weighted by Crippen LogP contribution is -2.11. The smallest absolute Gasteiger partial charge is 0.203 e. The monoisotopic (exact) mass is 209 g/mol. The van der Waals surface area contributed by atoms with Gasteiger partial charge in [0.2, 0.25) is 5.95 Å². The zero-order chi connectivity index (χ0) is 10.7. The molecule has 0 amide bonds. The average molecular weight is 209 g/mol. The van der Waals surface area contributed by atoms with Gasteiger partial charge in [-0.2, -0.15) is 0 Å². The Morgan fingerprint density at radius 3 is 3.07 bits per heavy atom. The normalized spacial score (nSPS) is 15.6. The van der Waals surface area contributed by atoms with Crippen LogP contribution in [0.4, 0.5) is 5.95 Å². The van der Waals surface area contributed by atoms with Crippen LogP contribution in [0.25, 0.3) is 0 Å². The Labute approximate surface area is 90.6 Å². The predicted molar refractivity (Wildman–Crippen MR) is 60.1 cm³/mol. The summed E-state index contributed by atoms with van der Waals surface area (Å²) < 4.78 is 7.20. The van der Waals surface area contributed by atoms with Gasteiger partial charge in [-0.3, -0.25) is 0 Å². The second kappa shape index (κ2) is 4.66. The molecule has 2 rings (SSSR count). The van der Waals surface area contributed by atoms with Crippen molar-refractivity contribution in [2.45, 2.75) is 26.3 Å². The number of nitrogens with zero attached hydrogens (tertiary/aromatic N) is 2. The maximum absolute atomic E-state index is 5.07. The summed E-state index contributed by atoms with van der Waals surface area (Å²) in [5.74, 6) is 1.86. The highest BCUT2D eigenvalue weighted by molar-refractivity contribution is 5.29. The Kier molecular flexibility index (Phi) is 3.26. The number of imidazole rings is 1. The van der Waals surface area contributed by atoms with Crippen LogP contribution in [0.2, 0.25) is 0 Å². The van der Waals surface area contributed by atoms with Crippen LogP contribution in [0.15, 0.2) is 6.20 Å². The van der Waals surface area contributed by atoms with E-state index in [-0.39, 0.29) is 0 Å². The fourth-order valence-electron chi connectivity index (χ4n) is 1.61. The standard InChI is InChI=1S/C11H19N3O/c1-9-8-14(5-6-15-2)11(13-9)12-7-10-3-4-10/h8,10H,3-7H2,1-2H3,(H,12,13). The van der Waals surface area contributed by atoms with E-state index in [0.29, 0.717) is 0 Å². The van der Waals surface area contributed by atoms with Crippen LogP contribution < -0.4 is 5.32 Å². The molecule has 1 N–H and O–H groups in total. The molecule has 1 heterocycles. The molecule has 0 saturated heterocycles. The maximum Gasteiger partial charge on any atom is 0.203 e. The highest BCUT2D eigenvalue weighted by Crippen LogP contribution is 2.28. The van der Waals surface area contributed by atoms with Crippen molar-refractivity contribution in [1.82, 2.24) is 9.55 Å². The van der Waals surface area contributed by atoms with Crippen LogP contribution in [-0.2, 0) is 11.3 Å². The van der Waals surface area contributed by atoms with Crippen molar-refractivity contribution in [3.8, 4) is 0 Å². The second-order valence-corrected chi connectivity index (χ2v) is 4.22. The summed E-state index contributed by atoms with van der Waals surface area (Å²) in [6.45, 7) is 4.67. The van der Waals surface area contributed by atoms with Gasteiger partial charge >= 0.3 is 0 Å². The third-order valence-electron chi connectivity index (χ3n) is 2.68. The lowest BCUT2D eigenvalue weighted by atomic mass is 10.4. The number of methoxy groups -OCH3 is 1. The number of ether oxygens (including phenoxy) is 1. The molecule has 1 aliphatic carbocycles. The van der Waals surface area contributed by atoms with Gasteiger partial charge in [0.15, 0.2) is 0 Å². The lowest BCUT2D eigenvalue weighted by Gasteiger charge is -2.08. The summed E-state index contributed by atoms with van der Waals surface area (Å²) >= 11 is 0.